The van der Waals surface area contributed by atoms with Gasteiger partial charge in [-0.25, -0.2) is 28.3 Å². The van der Waals surface area contributed by atoms with Gasteiger partial charge in [-0.15, -0.1) is 0 Å². The van der Waals surface area contributed by atoms with Crippen molar-refractivity contribution in [2.45, 2.75) is 52.6 Å². The molecule has 0 saturated heterocycles. The Bertz CT molecular complexity index is 2010. The zero-order chi connectivity index (χ0) is 37.9. The largest absolute Gasteiger partial charge is 0.475 e. The van der Waals surface area contributed by atoms with E-state index in [1.807, 2.05) is 108 Å². The SMILES string of the molecule is CCCCn1cc[n+](C)c1C(=Nc1ccc(Oc2ccc(-c3ccc(Oc4ccc(N=C(OC)c5n(CCCC)cc[n+]5C)cc4)cc3)cc2)cc1)OC. The summed E-state index contributed by atoms with van der Waals surface area (Å²) in [5.74, 6) is 5.95. The van der Waals surface area contributed by atoms with Crippen LogP contribution in [0.15, 0.2) is 132 Å². The average molecular weight is 727 g/mol. The molecule has 0 saturated carbocycles. The third-order valence-electron chi connectivity index (χ3n) is 9.08. The Kier molecular flexibility index (Phi) is 12.6. The highest BCUT2D eigenvalue weighted by Crippen LogP contribution is 2.30. The van der Waals surface area contributed by atoms with E-state index in [-0.39, 0.29) is 0 Å². The quantitative estimate of drug-likeness (QED) is 0.0601. The fourth-order valence-corrected chi connectivity index (χ4v) is 6.10. The van der Waals surface area contributed by atoms with Gasteiger partial charge >= 0.3 is 23.4 Å². The number of aliphatic imine (C=N–C) groups is 2. The Morgan fingerprint density at radius 3 is 1.17 bits per heavy atom. The maximum atomic E-state index is 6.15. The normalized spacial score (nSPS) is 11.8. The predicted octanol–water partition coefficient (Wildman–Crippen LogP) is 9.24. The van der Waals surface area contributed by atoms with E-state index < -0.39 is 0 Å². The minimum Gasteiger partial charge on any atom is -0.475 e. The summed E-state index contributed by atoms with van der Waals surface area (Å²) in [4.78, 5) is 9.57. The Morgan fingerprint density at radius 2 is 0.852 bits per heavy atom. The zero-order valence-electron chi connectivity index (χ0n) is 32.1. The van der Waals surface area contributed by atoms with Crippen LogP contribution < -0.4 is 18.6 Å². The Balaban J connectivity index is 1.05. The number of nitrogens with zero attached hydrogens (tertiary/aromatic N) is 6. The van der Waals surface area contributed by atoms with Gasteiger partial charge in [-0.3, -0.25) is 0 Å². The fourth-order valence-electron chi connectivity index (χ4n) is 6.10. The number of ether oxygens (including phenoxy) is 4. The first-order valence-corrected chi connectivity index (χ1v) is 18.5. The summed E-state index contributed by atoms with van der Waals surface area (Å²) < 4.78 is 32.1. The number of aromatic nitrogens is 4. The summed E-state index contributed by atoms with van der Waals surface area (Å²) in [5.41, 5.74) is 3.72. The molecule has 2 aromatic heterocycles. The smallest absolute Gasteiger partial charge is 0.345 e. The molecule has 10 nitrogen and oxygen atoms in total. The number of unbranched alkanes of at least 4 members (excludes halogenated alkanes) is 2. The van der Waals surface area contributed by atoms with Gasteiger partial charge in [-0.1, -0.05) is 51.0 Å². The van der Waals surface area contributed by atoms with Gasteiger partial charge in [0.15, 0.2) is 0 Å². The molecule has 6 aromatic rings. The van der Waals surface area contributed by atoms with Crippen molar-refractivity contribution in [3.05, 3.63) is 133 Å². The highest BCUT2D eigenvalue weighted by Gasteiger charge is 2.23. The number of rotatable bonds is 15. The minimum absolute atomic E-state index is 0.568. The summed E-state index contributed by atoms with van der Waals surface area (Å²) in [6.07, 6.45) is 12.6. The lowest BCUT2D eigenvalue weighted by Crippen LogP contribution is -2.36. The second kappa shape index (κ2) is 18.1. The van der Waals surface area contributed by atoms with Crippen LogP contribution in [-0.4, -0.2) is 35.1 Å². The second-order valence-corrected chi connectivity index (χ2v) is 13.0. The molecule has 0 unspecified atom stereocenters. The van der Waals surface area contributed by atoms with Gasteiger partial charge in [0, 0.05) is 0 Å². The zero-order valence-corrected chi connectivity index (χ0v) is 32.1. The van der Waals surface area contributed by atoms with Crippen LogP contribution in [0.1, 0.15) is 51.2 Å². The monoisotopic (exact) mass is 726 g/mol. The number of imidazole rings is 2. The van der Waals surface area contributed by atoms with E-state index in [2.05, 4.69) is 59.6 Å². The molecule has 0 aliphatic rings. The number of hydrogen-bond donors (Lipinski definition) is 0. The van der Waals surface area contributed by atoms with Crippen molar-refractivity contribution in [1.29, 1.82) is 0 Å². The summed E-state index contributed by atoms with van der Waals surface area (Å²) >= 11 is 0. The van der Waals surface area contributed by atoms with Crippen LogP contribution in [0.4, 0.5) is 11.4 Å². The van der Waals surface area contributed by atoms with Gasteiger partial charge in [0.2, 0.25) is 0 Å². The molecule has 0 N–H and O–H groups in total. The molecule has 0 bridgehead atoms. The van der Waals surface area contributed by atoms with Gasteiger partial charge in [0.1, 0.15) is 47.8 Å². The second-order valence-electron chi connectivity index (χ2n) is 13.0. The molecule has 0 atom stereocenters. The standard InChI is InChI=1S/C44H50N6O4/c1-7-9-27-49-31-29-47(3)43(49)41(51-5)45-35-15-23-39(24-16-35)53-37-19-11-33(12-20-37)34-13-21-38(22-14-34)54-40-25-17-36(18-26-40)46-42(52-6)44-48(4)30-32-50(44)28-10-8-2/h11-26,29-32H,7-10,27-28H2,1-6H3/q+2. The molecule has 0 aliphatic heterocycles. The van der Waals surface area contributed by atoms with Crippen LogP contribution in [0.25, 0.3) is 11.1 Å². The van der Waals surface area contributed by atoms with Gasteiger partial charge in [-0.05, 0) is 96.8 Å². The number of hydrogen-bond acceptors (Lipinski definition) is 6. The van der Waals surface area contributed by atoms with E-state index in [1.54, 1.807) is 14.2 Å². The average Bonchev–Trinajstić information content (AvgIpc) is 3.76. The van der Waals surface area contributed by atoms with Gasteiger partial charge < -0.3 is 18.9 Å². The van der Waals surface area contributed by atoms with E-state index in [0.29, 0.717) is 11.8 Å². The molecule has 10 heteroatoms. The number of benzene rings is 4. The van der Waals surface area contributed by atoms with Gasteiger partial charge in [-0.2, -0.15) is 0 Å². The van der Waals surface area contributed by atoms with Crippen LogP contribution in [-0.2, 0) is 36.7 Å². The summed E-state index contributed by atoms with van der Waals surface area (Å²) in [5, 5.41) is 0. The van der Waals surface area contributed by atoms with E-state index in [4.69, 9.17) is 28.9 Å². The van der Waals surface area contributed by atoms with Crippen molar-refractivity contribution in [3.63, 3.8) is 0 Å². The van der Waals surface area contributed by atoms with Crippen LogP contribution in [0.3, 0.4) is 0 Å². The number of aryl methyl sites for hydroxylation is 4. The van der Waals surface area contributed by atoms with E-state index >= 15 is 0 Å². The van der Waals surface area contributed by atoms with Crippen LogP contribution >= 0.6 is 0 Å². The molecule has 0 fully saturated rings. The topological polar surface area (TPSA) is 79.3 Å². The van der Waals surface area contributed by atoms with E-state index in [1.165, 1.54) is 0 Å². The maximum Gasteiger partial charge on any atom is 0.345 e. The molecular formula is C44H50N6O4+2. The fraction of sp³-hybridized carbons (Fsp3) is 0.273. The molecule has 4 aromatic carbocycles. The molecule has 0 amide bonds. The minimum atomic E-state index is 0.568. The first-order valence-electron chi connectivity index (χ1n) is 18.5. The summed E-state index contributed by atoms with van der Waals surface area (Å²) in [7, 11) is 7.32. The van der Waals surface area contributed by atoms with Crippen molar-refractivity contribution < 1.29 is 28.1 Å². The summed E-state index contributed by atoms with van der Waals surface area (Å²) in [6, 6.07) is 31.5. The highest BCUT2D eigenvalue weighted by atomic mass is 16.5. The van der Waals surface area contributed by atoms with Crippen molar-refractivity contribution in [3.8, 4) is 34.1 Å². The van der Waals surface area contributed by atoms with Crippen molar-refractivity contribution in [2.24, 2.45) is 24.1 Å². The number of methoxy groups -OCH3 is 2. The molecular weight excluding hydrogens is 677 g/mol. The lowest BCUT2D eigenvalue weighted by Gasteiger charge is -2.09. The lowest BCUT2D eigenvalue weighted by molar-refractivity contribution is -0.673. The third kappa shape index (κ3) is 9.25. The van der Waals surface area contributed by atoms with Crippen molar-refractivity contribution >= 4 is 23.2 Å². The van der Waals surface area contributed by atoms with Crippen LogP contribution in [0.5, 0.6) is 23.0 Å². The van der Waals surface area contributed by atoms with Crippen LogP contribution in [0, 0.1) is 0 Å². The molecule has 0 radical (unpaired) electrons. The molecule has 2 heterocycles. The third-order valence-corrected chi connectivity index (χ3v) is 9.08. The predicted molar refractivity (Wildman–Crippen MR) is 212 cm³/mol. The Hall–Kier alpha value is -6.16. The Labute approximate surface area is 318 Å². The van der Waals surface area contributed by atoms with Gasteiger partial charge in [0.25, 0.3) is 0 Å². The van der Waals surface area contributed by atoms with E-state index in [9.17, 15) is 0 Å². The van der Waals surface area contributed by atoms with Crippen molar-refractivity contribution in [1.82, 2.24) is 9.13 Å². The van der Waals surface area contributed by atoms with E-state index in [0.717, 1.165) is 95.9 Å². The molecule has 54 heavy (non-hydrogen) atoms. The molecule has 278 valence electrons. The first kappa shape index (κ1) is 37.6. The Morgan fingerprint density at radius 1 is 0.519 bits per heavy atom. The molecule has 0 aliphatic carbocycles. The van der Waals surface area contributed by atoms with Crippen LogP contribution in [0.2, 0.25) is 0 Å². The summed E-state index contributed by atoms with van der Waals surface area (Å²) in [6.45, 7) is 6.21. The van der Waals surface area contributed by atoms with Gasteiger partial charge in [0.05, 0.1) is 52.8 Å². The molecule has 6 rings (SSSR count). The maximum absolute atomic E-state index is 6.15. The molecule has 0 spiro atoms. The van der Waals surface area contributed by atoms with Crippen molar-refractivity contribution in [2.75, 3.05) is 14.2 Å². The lowest BCUT2D eigenvalue weighted by atomic mass is 10.1. The first-order chi connectivity index (χ1) is 26.4. The highest BCUT2D eigenvalue weighted by molar-refractivity contribution is 5.92.